The standard InChI is InChI=1S/C19H15N3OS/c1-21-19(23)13-4-2-3-11(9-13)12-5-6-14-15-7-8-22-18(20)17(15)24-16(14)10-12/h2-10H,1H3,(H2,20,22)(H,21,23). The fraction of sp³-hybridized carbons (Fsp3) is 0.0526. The smallest absolute Gasteiger partial charge is 0.251 e. The van der Waals surface area contributed by atoms with Crippen LogP contribution in [0.4, 0.5) is 5.82 Å². The molecule has 0 aliphatic carbocycles. The number of amides is 1. The number of hydrogen-bond donors (Lipinski definition) is 2. The molecule has 0 radical (unpaired) electrons. The van der Waals surface area contributed by atoms with Crippen LogP contribution in [-0.4, -0.2) is 17.9 Å². The molecule has 5 heteroatoms. The van der Waals surface area contributed by atoms with Crippen molar-refractivity contribution in [3.63, 3.8) is 0 Å². The number of nitrogens with zero attached hydrogens (tertiary/aromatic N) is 1. The molecule has 4 aromatic rings. The number of carbonyl (C=O) groups excluding carboxylic acids is 1. The highest BCUT2D eigenvalue weighted by atomic mass is 32.1. The third kappa shape index (κ3) is 2.30. The van der Waals surface area contributed by atoms with E-state index in [1.165, 1.54) is 5.39 Å². The van der Waals surface area contributed by atoms with Crippen LogP contribution < -0.4 is 11.1 Å². The molecule has 0 aliphatic rings. The van der Waals surface area contributed by atoms with Crippen molar-refractivity contribution in [3.8, 4) is 11.1 Å². The molecule has 0 aliphatic heterocycles. The van der Waals surface area contributed by atoms with Crippen molar-refractivity contribution in [2.45, 2.75) is 0 Å². The van der Waals surface area contributed by atoms with E-state index < -0.39 is 0 Å². The molecule has 2 aromatic carbocycles. The average molecular weight is 333 g/mol. The summed E-state index contributed by atoms with van der Waals surface area (Å²) < 4.78 is 2.18. The van der Waals surface area contributed by atoms with E-state index >= 15 is 0 Å². The molecule has 0 bridgehead atoms. The molecule has 0 saturated carbocycles. The number of rotatable bonds is 2. The molecule has 0 spiro atoms. The van der Waals surface area contributed by atoms with Crippen molar-refractivity contribution in [2.24, 2.45) is 0 Å². The highest BCUT2D eigenvalue weighted by Gasteiger charge is 2.10. The van der Waals surface area contributed by atoms with Gasteiger partial charge in [0.05, 0.1) is 4.70 Å². The van der Waals surface area contributed by atoms with Crippen molar-refractivity contribution in [1.82, 2.24) is 10.3 Å². The summed E-state index contributed by atoms with van der Waals surface area (Å²) in [6.07, 6.45) is 1.74. The summed E-state index contributed by atoms with van der Waals surface area (Å²) in [5.41, 5.74) is 8.74. The number of nitrogens with one attached hydrogen (secondary N) is 1. The molecule has 2 heterocycles. The number of hydrogen-bond acceptors (Lipinski definition) is 4. The normalized spacial score (nSPS) is 11.0. The van der Waals surface area contributed by atoms with Crippen molar-refractivity contribution in [2.75, 3.05) is 12.8 Å². The SMILES string of the molecule is CNC(=O)c1cccc(-c2ccc3c(c2)sc2c(N)nccc23)c1. The van der Waals surface area contributed by atoms with Crippen molar-refractivity contribution in [3.05, 3.63) is 60.3 Å². The zero-order valence-electron chi connectivity index (χ0n) is 13.0. The van der Waals surface area contributed by atoms with Gasteiger partial charge in [0.1, 0.15) is 5.82 Å². The maximum atomic E-state index is 11.8. The lowest BCUT2D eigenvalue weighted by atomic mass is 10.0. The predicted octanol–water partition coefficient (Wildman–Crippen LogP) is 4.06. The van der Waals surface area contributed by atoms with E-state index in [0.29, 0.717) is 11.4 Å². The second kappa shape index (κ2) is 5.62. The first-order chi connectivity index (χ1) is 11.7. The Balaban J connectivity index is 1.88. The van der Waals surface area contributed by atoms with E-state index in [1.807, 2.05) is 30.3 Å². The van der Waals surface area contributed by atoms with Crippen LogP contribution in [-0.2, 0) is 0 Å². The summed E-state index contributed by atoms with van der Waals surface area (Å²) in [5.74, 6) is 0.482. The van der Waals surface area contributed by atoms with Gasteiger partial charge in [-0.2, -0.15) is 0 Å². The highest BCUT2D eigenvalue weighted by Crippen LogP contribution is 2.38. The van der Waals surface area contributed by atoms with Gasteiger partial charge in [0.15, 0.2) is 0 Å². The number of thiophene rings is 1. The Labute approximate surface area is 142 Å². The first kappa shape index (κ1) is 14.7. The summed E-state index contributed by atoms with van der Waals surface area (Å²) in [7, 11) is 1.64. The minimum atomic E-state index is -0.0846. The Hall–Kier alpha value is -2.92. The molecule has 0 fully saturated rings. The second-order valence-electron chi connectivity index (χ2n) is 5.55. The molecule has 0 atom stereocenters. The number of nitrogen functional groups attached to an aromatic ring is 1. The first-order valence-electron chi connectivity index (χ1n) is 7.56. The zero-order chi connectivity index (χ0) is 16.7. The molecular weight excluding hydrogens is 318 g/mol. The summed E-state index contributed by atoms with van der Waals surface area (Å²) >= 11 is 1.65. The van der Waals surface area contributed by atoms with Crippen LogP contribution in [0, 0.1) is 0 Å². The van der Waals surface area contributed by atoms with Gasteiger partial charge in [0.2, 0.25) is 0 Å². The van der Waals surface area contributed by atoms with Gasteiger partial charge in [-0.15, -0.1) is 11.3 Å². The number of fused-ring (bicyclic) bond motifs is 3. The van der Waals surface area contributed by atoms with Gasteiger partial charge < -0.3 is 11.1 Å². The largest absolute Gasteiger partial charge is 0.383 e. The van der Waals surface area contributed by atoms with Crippen LogP contribution in [0.1, 0.15) is 10.4 Å². The Morgan fingerprint density at radius 1 is 1.08 bits per heavy atom. The monoisotopic (exact) mass is 333 g/mol. The maximum Gasteiger partial charge on any atom is 0.251 e. The molecule has 0 saturated heterocycles. The fourth-order valence-corrected chi connectivity index (χ4v) is 4.03. The van der Waals surface area contributed by atoms with E-state index in [4.69, 9.17) is 5.73 Å². The minimum Gasteiger partial charge on any atom is -0.383 e. The molecule has 24 heavy (non-hydrogen) atoms. The topological polar surface area (TPSA) is 68.0 Å². The fourth-order valence-electron chi connectivity index (χ4n) is 2.89. The van der Waals surface area contributed by atoms with Crippen LogP contribution in [0.5, 0.6) is 0 Å². The molecule has 118 valence electrons. The van der Waals surface area contributed by atoms with Gasteiger partial charge in [-0.3, -0.25) is 4.79 Å². The van der Waals surface area contributed by atoms with Gasteiger partial charge >= 0.3 is 0 Å². The first-order valence-corrected chi connectivity index (χ1v) is 8.38. The zero-order valence-corrected chi connectivity index (χ0v) is 13.9. The molecule has 0 unspecified atom stereocenters. The quantitative estimate of drug-likeness (QED) is 0.581. The molecule has 3 N–H and O–H groups in total. The van der Waals surface area contributed by atoms with Crippen molar-refractivity contribution >= 4 is 43.2 Å². The van der Waals surface area contributed by atoms with Gasteiger partial charge in [0, 0.05) is 34.3 Å². The number of aromatic nitrogens is 1. The van der Waals surface area contributed by atoms with Crippen LogP contribution >= 0.6 is 11.3 Å². The lowest BCUT2D eigenvalue weighted by Gasteiger charge is -2.05. The third-order valence-electron chi connectivity index (χ3n) is 4.10. The number of nitrogens with two attached hydrogens (primary N) is 1. The van der Waals surface area contributed by atoms with Crippen molar-refractivity contribution in [1.29, 1.82) is 0 Å². The Kier molecular flexibility index (Phi) is 3.43. The molecular formula is C19H15N3OS. The van der Waals surface area contributed by atoms with Crippen LogP contribution in [0.15, 0.2) is 54.7 Å². The van der Waals surface area contributed by atoms with Gasteiger partial charge in [0.25, 0.3) is 5.91 Å². The van der Waals surface area contributed by atoms with Crippen LogP contribution in [0.25, 0.3) is 31.3 Å². The molecule has 4 nitrogen and oxygen atoms in total. The van der Waals surface area contributed by atoms with E-state index in [-0.39, 0.29) is 5.91 Å². The lowest BCUT2D eigenvalue weighted by molar-refractivity contribution is 0.0963. The maximum absolute atomic E-state index is 11.8. The summed E-state index contributed by atoms with van der Waals surface area (Å²) in [5, 5.41) is 4.96. The molecule has 4 rings (SSSR count). The Morgan fingerprint density at radius 3 is 2.75 bits per heavy atom. The number of benzene rings is 2. The lowest BCUT2D eigenvalue weighted by Crippen LogP contribution is -2.17. The highest BCUT2D eigenvalue weighted by molar-refractivity contribution is 7.26. The minimum absolute atomic E-state index is 0.0846. The van der Waals surface area contributed by atoms with Crippen LogP contribution in [0.2, 0.25) is 0 Å². The second-order valence-corrected chi connectivity index (χ2v) is 6.60. The number of carbonyl (C=O) groups is 1. The number of anilines is 1. The summed E-state index contributed by atoms with van der Waals surface area (Å²) in [6, 6.07) is 16.0. The van der Waals surface area contributed by atoms with Gasteiger partial charge in [-0.25, -0.2) is 4.98 Å². The summed E-state index contributed by atoms with van der Waals surface area (Å²) in [4.78, 5) is 16.0. The molecule has 2 aromatic heterocycles. The van der Waals surface area contributed by atoms with Gasteiger partial charge in [-0.1, -0.05) is 24.3 Å². The Morgan fingerprint density at radius 2 is 1.92 bits per heavy atom. The van der Waals surface area contributed by atoms with Gasteiger partial charge in [-0.05, 0) is 35.4 Å². The van der Waals surface area contributed by atoms with E-state index in [9.17, 15) is 4.79 Å². The van der Waals surface area contributed by atoms with Crippen LogP contribution in [0.3, 0.4) is 0 Å². The Bertz CT molecular complexity index is 1080. The summed E-state index contributed by atoms with van der Waals surface area (Å²) in [6.45, 7) is 0. The third-order valence-corrected chi connectivity index (χ3v) is 5.29. The average Bonchev–Trinajstić information content (AvgIpc) is 3.00. The predicted molar refractivity (Wildman–Crippen MR) is 100 cm³/mol. The number of pyridine rings is 1. The van der Waals surface area contributed by atoms with E-state index in [2.05, 4.69) is 28.5 Å². The van der Waals surface area contributed by atoms with E-state index in [1.54, 1.807) is 24.6 Å². The molecule has 1 amide bonds. The van der Waals surface area contributed by atoms with E-state index in [0.717, 1.165) is 25.9 Å². The van der Waals surface area contributed by atoms with Crippen molar-refractivity contribution < 1.29 is 4.79 Å².